The Balaban J connectivity index is 0.000000170. The molecule has 0 bridgehead atoms. The molecule has 0 saturated heterocycles. The van der Waals surface area contributed by atoms with Crippen molar-refractivity contribution in [1.82, 2.24) is 0 Å². The van der Waals surface area contributed by atoms with Crippen LogP contribution in [0.3, 0.4) is 0 Å². The highest BCUT2D eigenvalue weighted by molar-refractivity contribution is 7.81. The lowest BCUT2D eigenvalue weighted by molar-refractivity contribution is 0.730. The van der Waals surface area contributed by atoms with Crippen molar-refractivity contribution in [3.63, 3.8) is 0 Å². The minimum Gasteiger partial charge on any atom is -0.0885 e. The molecule has 4 rings (SSSR count). The highest BCUT2D eigenvalue weighted by Gasteiger charge is 2.10. The molecule has 0 spiro atoms. The fourth-order valence-corrected chi connectivity index (χ4v) is 2.97. The van der Waals surface area contributed by atoms with E-state index in [1.165, 1.54) is 47.6 Å². The maximum absolute atomic E-state index is 5.31. The third-order valence-corrected chi connectivity index (χ3v) is 4.13. The lowest BCUT2D eigenvalue weighted by atomic mass is 9.93. The Kier molecular flexibility index (Phi) is 4.08. The number of hydrogen-bond donors (Lipinski definition) is 0. The average Bonchev–Trinajstić information content (AvgIpc) is 2.53. The summed E-state index contributed by atoms with van der Waals surface area (Å²) in [5.41, 5.74) is 2.46. The summed E-state index contributed by atoms with van der Waals surface area (Å²) >= 11 is 5.31. The highest BCUT2D eigenvalue weighted by Crippen LogP contribution is 2.28. The summed E-state index contributed by atoms with van der Waals surface area (Å²) < 4.78 is 0. The molecular formula is C19H18S. The first kappa shape index (κ1) is 13.3. The van der Waals surface area contributed by atoms with Gasteiger partial charge in [0.05, 0.1) is 0 Å². The summed E-state index contributed by atoms with van der Waals surface area (Å²) in [6, 6.07) is 12.6. The SMILES string of the molecule is C1=CCCCC1.S=C1C=Cc2cccc3cccc1c23. The number of rotatable bonds is 0. The lowest BCUT2D eigenvalue weighted by Crippen LogP contribution is -1.99. The van der Waals surface area contributed by atoms with Crippen LogP contribution >= 0.6 is 12.2 Å². The van der Waals surface area contributed by atoms with Crippen molar-refractivity contribution >= 4 is 33.9 Å². The number of hydrogen-bond acceptors (Lipinski definition) is 1. The van der Waals surface area contributed by atoms with Gasteiger partial charge in [-0.3, -0.25) is 0 Å². The van der Waals surface area contributed by atoms with Crippen molar-refractivity contribution < 1.29 is 0 Å². The highest BCUT2D eigenvalue weighted by atomic mass is 32.1. The molecule has 0 nitrogen and oxygen atoms in total. The largest absolute Gasteiger partial charge is 0.0885 e. The van der Waals surface area contributed by atoms with Crippen LogP contribution in [0.1, 0.15) is 36.8 Å². The van der Waals surface area contributed by atoms with Gasteiger partial charge in [-0.25, -0.2) is 0 Å². The minimum absolute atomic E-state index is 0.939. The molecule has 2 aromatic carbocycles. The molecule has 0 unspecified atom stereocenters. The summed E-state index contributed by atoms with van der Waals surface area (Å²) in [6.07, 6.45) is 14.1. The third-order valence-electron chi connectivity index (χ3n) is 3.77. The molecule has 0 amide bonds. The summed E-state index contributed by atoms with van der Waals surface area (Å²) in [5.74, 6) is 0. The molecule has 100 valence electrons. The molecule has 0 heterocycles. The molecule has 0 aromatic heterocycles. The van der Waals surface area contributed by atoms with Gasteiger partial charge in [-0.05, 0) is 48.1 Å². The van der Waals surface area contributed by atoms with E-state index in [0.717, 1.165) is 4.86 Å². The molecule has 2 aliphatic carbocycles. The first-order valence-corrected chi connectivity index (χ1v) is 7.66. The zero-order valence-corrected chi connectivity index (χ0v) is 12.3. The van der Waals surface area contributed by atoms with Crippen LogP contribution in [0, 0.1) is 0 Å². The van der Waals surface area contributed by atoms with Gasteiger partial charge >= 0.3 is 0 Å². The topological polar surface area (TPSA) is 0 Å². The third kappa shape index (κ3) is 2.73. The van der Waals surface area contributed by atoms with E-state index in [2.05, 4.69) is 54.6 Å². The molecule has 0 saturated carbocycles. The minimum atomic E-state index is 0.939. The van der Waals surface area contributed by atoms with E-state index in [4.69, 9.17) is 12.2 Å². The van der Waals surface area contributed by atoms with Gasteiger partial charge in [0.1, 0.15) is 0 Å². The molecule has 1 heteroatoms. The Morgan fingerprint density at radius 3 is 2.15 bits per heavy atom. The van der Waals surface area contributed by atoms with Crippen molar-refractivity contribution in [3.8, 4) is 0 Å². The summed E-state index contributed by atoms with van der Waals surface area (Å²) in [6.45, 7) is 0. The Morgan fingerprint density at radius 1 is 0.800 bits per heavy atom. The van der Waals surface area contributed by atoms with Gasteiger partial charge in [0.2, 0.25) is 0 Å². The Morgan fingerprint density at radius 2 is 1.50 bits per heavy atom. The van der Waals surface area contributed by atoms with E-state index in [1.54, 1.807) is 0 Å². The fraction of sp³-hybridized carbons (Fsp3) is 0.211. The number of thiocarbonyl (C=S) groups is 1. The van der Waals surface area contributed by atoms with Crippen LogP contribution in [0.5, 0.6) is 0 Å². The van der Waals surface area contributed by atoms with Gasteiger partial charge in [-0.15, -0.1) is 0 Å². The molecule has 0 radical (unpaired) electrons. The molecule has 20 heavy (non-hydrogen) atoms. The quantitative estimate of drug-likeness (QED) is 0.440. The monoisotopic (exact) mass is 278 g/mol. The van der Waals surface area contributed by atoms with Gasteiger partial charge < -0.3 is 0 Å². The average molecular weight is 278 g/mol. The van der Waals surface area contributed by atoms with Crippen LogP contribution in [0.25, 0.3) is 16.8 Å². The molecule has 0 atom stereocenters. The van der Waals surface area contributed by atoms with Crippen LogP contribution < -0.4 is 0 Å². The van der Waals surface area contributed by atoms with E-state index in [1.807, 2.05) is 6.08 Å². The molecule has 2 aliphatic rings. The maximum Gasteiger partial charge on any atom is 0.0456 e. The Hall–Kier alpha value is -1.73. The van der Waals surface area contributed by atoms with E-state index in [0.29, 0.717) is 0 Å². The van der Waals surface area contributed by atoms with Crippen molar-refractivity contribution in [2.75, 3.05) is 0 Å². The first-order valence-electron chi connectivity index (χ1n) is 7.25. The fourth-order valence-electron chi connectivity index (χ4n) is 2.73. The number of allylic oxidation sites excluding steroid dienone is 3. The van der Waals surface area contributed by atoms with Crippen LogP contribution in [0.15, 0.2) is 54.6 Å². The van der Waals surface area contributed by atoms with E-state index in [9.17, 15) is 0 Å². The van der Waals surface area contributed by atoms with Crippen molar-refractivity contribution in [2.45, 2.75) is 25.7 Å². The van der Waals surface area contributed by atoms with E-state index < -0.39 is 0 Å². The Bertz CT molecular complexity index is 679. The predicted octanol–water partition coefficient (Wildman–Crippen LogP) is 5.70. The molecule has 0 fully saturated rings. The second-order valence-electron chi connectivity index (χ2n) is 5.20. The summed E-state index contributed by atoms with van der Waals surface area (Å²) in [5, 5.41) is 2.56. The second kappa shape index (κ2) is 6.15. The first-order chi connectivity index (χ1) is 9.86. The summed E-state index contributed by atoms with van der Waals surface area (Å²) in [4.78, 5) is 0.939. The Labute approximate surface area is 125 Å². The molecule has 0 N–H and O–H groups in total. The van der Waals surface area contributed by atoms with Crippen LogP contribution in [-0.2, 0) is 0 Å². The van der Waals surface area contributed by atoms with Gasteiger partial charge in [0, 0.05) is 10.4 Å². The van der Waals surface area contributed by atoms with Crippen molar-refractivity contribution in [3.05, 3.63) is 65.8 Å². The standard InChI is InChI=1S/C13H8S.C6H10/c14-12-8-7-10-4-1-3-9-5-2-6-11(12)13(9)10;1-2-4-6-5-3-1/h1-8H;1-2H,3-6H2. The smallest absolute Gasteiger partial charge is 0.0456 e. The van der Waals surface area contributed by atoms with Gasteiger partial charge in [-0.2, -0.15) is 0 Å². The lowest BCUT2D eigenvalue weighted by Gasteiger charge is -2.12. The van der Waals surface area contributed by atoms with Crippen LogP contribution in [0.2, 0.25) is 0 Å². The molecule has 0 aliphatic heterocycles. The maximum atomic E-state index is 5.31. The molecule has 2 aromatic rings. The van der Waals surface area contributed by atoms with Gasteiger partial charge in [0.25, 0.3) is 0 Å². The van der Waals surface area contributed by atoms with Crippen molar-refractivity contribution in [1.29, 1.82) is 0 Å². The van der Waals surface area contributed by atoms with Gasteiger partial charge in [0.15, 0.2) is 0 Å². The second-order valence-corrected chi connectivity index (χ2v) is 5.64. The van der Waals surface area contributed by atoms with Crippen molar-refractivity contribution in [2.24, 2.45) is 0 Å². The normalized spacial score (nSPS) is 15.9. The van der Waals surface area contributed by atoms with Gasteiger partial charge in [-0.1, -0.05) is 66.8 Å². The molecular weight excluding hydrogens is 260 g/mol. The van der Waals surface area contributed by atoms with E-state index in [-0.39, 0.29) is 0 Å². The summed E-state index contributed by atoms with van der Waals surface area (Å²) in [7, 11) is 0. The van der Waals surface area contributed by atoms with Crippen LogP contribution in [-0.4, -0.2) is 4.86 Å². The number of benzene rings is 2. The van der Waals surface area contributed by atoms with Crippen LogP contribution in [0.4, 0.5) is 0 Å². The zero-order chi connectivity index (χ0) is 13.8. The van der Waals surface area contributed by atoms with E-state index >= 15 is 0 Å². The zero-order valence-electron chi connectivity index (χ0n) is 11.5. The predicted molar refractivity (Wildman–Crippen MR) is 92.3 cm³/mol.